The summed E-state index contributed by atoms with van der Waals surface area (Å²) in [5, 5.41) is 3.63. The summed E-state index contributed by atoms with van der Waals surface area (Å²) in [4.78, 5) is 12.5. The number of hydrogen-bond donors (Lipinski definition) is 1. The molecular formula is C24H28ClNO2. The number of halogens is 1. The van der Waals surface area contributed by atoms with Crippen LogP contribution in [0.3, 0.4) is 0 Å². The number of carbonyl (C=O) groups excluding carboxylic acids is 1. The standard InChI is InChI=1S/C24H28ClNO2/c1-17(2)10-11-21(18(3)4)16-28-24(27)26-23(19-8-6-5-7-9-19)20-12-14-22(25)15-13-20/h5-10,12-15,21,23H,3,11,16H2,1-2,4H3,(H,26,27). The molecule has 2 aromatic rings. The van der Waals surface area contributed by atoms with E-state index in [2.05, 4.69) is 31.8 Å². The maximum atomic E-state index is 12.5. The Labute approximate surface area is 173 Å². The Kier molecular flexibility index (Phi) is 8.34. The first-order chi connectivity index (χ1) is 13.4. The first kappa shape index (κ1) is 21.8. The Morgan fingerprint density at radius 2 is 1.68 bits per heavy atom. The van der Waals surface area contributed by atoms with Crippen LogP contribution in [0.2, 0.25) is 5.02 Å². The summed E-state index contributed by atoms with van der Waals surface area (Å²) in [7, 11) is 0. The second kappa shape index (κ2) is 10.7. The van der Waals surface area contributed by atoms with Gasteiger partial charge in [0.05, 0.1) is 12.6 Å². The Morgan fingerprint density at radius 1 is 1.07 bits per heavy atom. The molecule has 0 saturated carbocycles. The van der Waals surface area contributed by atoms with Crippen molar-refractivity contribution >= 4 is 17.7 Å². The molecule has 148 valence electrons. The van der Waals surface area contributed by atoms with E-state index in [0.29, 0.717) is 11.6 Å². The van der Waals surface area contributed by atoms with Crippen molar-refractivity contribution in [1.29, 1.82) is 0 Å². The third-order valence-electron chi connectivity index (χ3n) is 4.52. The highest BCUT2D eigenvalue weighted by Gasteiger charge is 2.19. The highest BCUT2D eigenvalue weighted by atomic mass is 35.5. The number of rotatable bonds is 8. The molecule has 0 radical (unpaired) electrons. The number of nitrogens with one attached hydrogen (secondary N) is 1. The van der Waals surface area contributed by atoms with Gasteiger partial charge in [-0.1, -0.05) is 77.9 Å². The van der Waals surface area contributed by atoms with Crippen molar-refractivity contribution in [2.24, 2.45) is 5.92 Å². The van der Waals surface area contributed by atoms with E-state index in [1.165, 1.54) is 5.57 Å². The largest absolute Gasteiger partial charge is 0.449 e. The summed E-state index contributed by atoms with van der Waals surface area (Å²) in [5.41, 5.74) is 4.15. The van der Waals surface area contributed by atoms with E-state index in [1.807, 2.05) is 61.5 Å². The number of amides is 1. The lowest BCUT2D eigenvalue weighted by Crippen LogP contribution is -2.31. The van der Waals surface area contributed by atoms with Crippen molar-refractivity contribution in [3.63, 3.8) is 0 Å². The lowest BCUT2D eigenvalue weighted by atomic mass is 9.98. The van der Waals surface area contributed by atoms with Gasteiger partial charge in [-0.2, -0.15) is 0 Å². The van der Waals surface area contributed by atoms with E-state index in [1.54, 1.807) is 0 Å². The molecule has 0 bridgehead atoms. The Morgan fingerprint density at radius 3 is 2.25 bits per heavy atom. The van der Waals surface area contributed by atoms with E-state index in [-0.39, 0.29) is 12.0 Å². The third kappa shape index (κ3) is 6.90. The predicted octanol–water partition coefficient (Wildman–Crippen LogP) is 6.70. The van der Waals surface area contributed by atoms with Gasteiger partial charge in [-0.25, -0.2) is 4.79 Å². The van der Waals surface area contributed by atoms with Crippen LogP contribution in [-0.2, 0) is 4.74 Å². The van der Waals surface area contributed by atoms with Crippen LogP contribution in [0.4, 0.5) is 4.79 Å². The molecule has 0 aliphatic rings. The van der Waals surface area contributed by atoms with Crippen LogP contribution in [0.25, 0.3) is 0 Å². The number of allylic oxidation sites excluding steroid dienone is 2. The van der Waals surface area contributed by atoms with Crippen LogP contribution in [0.1, 0.15) is 44.4 Å². The van der Waals surface area contributed by atoms with Gasteiger partial charge in [-0.15, -0.1) is 0 Å². The third-order valence-corrected chi connectivity index (χ3v) is 4.77. The second-order valence-electron chi connectivity index (χ2n) is 7.20. The van der Waals surface area contributed by atoms with E-state index in [9.17, 15) is 4.79 Å². The van der Waals surface area contributed by atoms with Crippen molar-refractivity contribution in [3.05, 3.63) is 94.5 Å². The van der Waals surface area contributed by atoms with Crippen molar-refractivity contribution in [2.45, 2.75) is 33.2 Å². The summed E-state index contributed by atoms with van der Waals surface area (Å²) in [6, 6.07) is 16.9. The molecule has 0 aromatic heterocycles. The predicted molar refractivity (Wildman–Crippen MR) is 117 cm³/mol. The fraction of sp³-hybridized carbons (Fsp3) is 0.292. The van der Waals surface area contributed by atoms with Gasteiger partial charge >= 0.3 is 6.09 Å². The fourth-order valence-corrected chi connectivity index (χ4v) is 2.91. The minimum Gasteiger partial charge on any atom is -0.449 e. The van der Waals surface area contributed by atoms with Gasteiger partial charge in [0.15, 0.2) is 0 Å². The molecule has 2 atom stereocenters. The lowest BCUT2D eigenvalue weighted by Gasteiger charge is -2.21. The summed E-state index contributed by atoms with van der Waals surface area (Å²) in [6.45, 7) is 10.4. The normalized spacial score (nSPS) is 12.6. The Hall–Kier alpha value is -2.52. The Bertz CT molecular complexity index is 808. The zero-order chi connectivity index (χ0) is 20.5. The van der Waals surface area contributed by atoms with Crippen LogP contribution in [0, 0.1) is 5.92 Å². The van der Waals surface area contributed by atoms with Gasteiger partial charge in [-0.05, 0) is 50.5 Å². The molecule has 1 N–H and O–H groups in total. The monoisotopic (exact) mass is 397 g/mol. The van der Waals surface area contributed by atoms with Gasteiger partial charge in [0.2, 0.25) is 0 Å². The molecular weight excluding hydrogens is 370 g/mol. The van der Waals surface area contributed by atoms with E-state index >= 15 is 0 Å². The lowest BCUT2D eigenvalue weighted by molar-refractivity contribution is 0.131. The van der Waals surface area contributed by atoms with Crippen LogP contribution >= 0.6 is 11.6 Å². The maximum Gasteiger partial charge on any atom is 0.407 e. The van der Waals surface area contributed by atoms with Crippen LogP contribution < -0.4 is 5.32 Å². The average Bonchev–Trinajstić information content (AvgIpc) is 2.67. The van der Waals surface area contributed by atoms with E-state index < -0.39 is 6.09 Å². The SMILES string of the molecule is C=C(C)C(CC=C(C)C)COC(=O)NC(c1ccccc1)c1ccc(Cl)cc1. The Balaban J connectivity index is 2.09. The van der Waals surface area contributed by atoms with Crippen molar-refractivity contribution < 1.29 is 9.53 Å². The van der Waals surface area contributed by atoms with Crippen LogP contribution in [-0.4, -0.2) is 12.7 Å². The number of ether oxygens (including phenoxy) is 1. The number of alkyl carbamates (subject to hydrolysis) is 1. The molecule has 1 amide bonds. The van der Waals surface area contributed by atoms with Crippen molar-refractivity contribution in [2.75, 3.05) is 6.61 Å². The van der Waals surface area contributed by atoms with Crippen molar-refractivity contribution in [3.8, 4) is 0 Å². The minimum absolute atomic E-state index is 0.103. The first-order valence-electron chi connectivity index (χ1n) is 9.39. The highest BCUT2D eigenvalue weighted by Crippen LogP contribution is 2.24. The number of hydrogen-bond acceptors (Lipinski definition) is 2. The minimum atomic E-state index is -0.452. The molecule has 0 aliphatic heterocycles. The van der Waals surface area contributed by atoms with E-state index in [0.717, 1.165) is 23.1 Å². The molecule has 0 heterocycles. The fourth-order valence-electron chi connectivity index (χ4n) is 2.79. The maximum absolute atomic E-state index is 12.5. The van der Waals surface area contributed by atoms with E-state index in [4.69, 9.17) is 16.3 Å². The summed E-state index contributed by atoms with van der Waals surface area (Å²) in [5.74, 6) is 0.103. The molecule has 28 heavy (non-hydrogen) atoms. The molecule has 2 aromatic carbocycles. The molecule has 2 unspecified atom stereocenters. The molecule has 3 nitrogen and oxygen atoms in total. The first-order valence-corrected chi connectivity index (χ1v) is 9.77. The van der Waals surface area contributed by atoms with Gasteiger partial charge in [-0.3, -0.25) is 0 Å². The quantitative estimate of drug-likeness (QED) is 0.503. The highest BCUT2D eigenvalue weighted by molar-refractivity contribution is 6.30. The zero-order valence-corrected chi connectivity index (χ0v) is 17.5. The topological polar surface area (TPSA) is 38.3 Å². The van der Waals surface area contributed by atoms with Gasteiger partial charge in [0, 0.05) is 10.9 Å². The average molecular weight is 398 g/mol. The van der Waals surface area contributed by atoms with Crippen LogP contribution in [0.5, 0.6) is 0 Å². The van der Waals surface area contributed by atoms with Gasteiger partial charge in [0.1, 0.15) is 0 Å². The van der Waals surface area contributed by atoms with Gasteiger partial charge < -0.3 is 10.1 Å². The summed E-state index contributed by atoms with van der Waals surface area (Å²) >= 11 is 6.01. The molecule has 2 rings (SSSR count). The van der Waals surface area contributed by atoms with Crippen molar-refractivity contribution in [1.82, 2.24) is 5.32 Å². The smallest absolute Gasteiger partial charge is 0.407 e. The summed E-state index contributed by atoms with van der Waals surface area (Å²) < 4.78 is 5.53. The van der Waals surface area contributed by atoms with Gasteiger partial charge in [0.25, 0.3) is 0 Å². The number of carbonyl (C=O) groups is 1. The molecule has 0 saturated heterocycles. The molecule has 0 aliphatic carbocycles. The zero-order valence-electron chi connectivity index (χ0n) is 16.7. The summed E-state index contributed by atoms with van der Waals surface area (Å²) in [6.07, 6.45) is 2.50. The molecule has 0 fully saturated rings. The molecule has 0 spiro atoms. The number of benzene rings is 2. The van der Waals surface area contributed by atoms with Crippen LogP contribution in [0.15, 0.2) is 78.4 Å². The molecule has 4 heteroatoms. The second-order valence-corrected chi connectivity index (χ2v) is 7.63.